The van der Waals surface area contributed by atoms with Gasteiger partial charge in [-0.25, -0.2) is 0 Å². The second-order valence-corrected chi connectivity index (χ2v) is 24.4. The van der Waals surface area contributed by atoms with Crippen molar-refractivity contribution in [1.82, 2.24) is 52.3 Å². The number of hydrogen-bond donors (Lipinski definition) is 8. The predicted molar refractivity (Wildman–Crippen MR) is 297 cm³/mol. The van der Waals surface area contributed by atoms with Crippen molar-refractivity contribution >= 4 is 63.2 Å². The lowest BCUT2D eigenvalue weighted by atomic mass is 9.85. The number of benzene rings is 3. The number of rotatable bonds is 16. The van der Waals surface area contributed by atoms with Crippen LogP contribution in [0, 0.1) is 10.8 Å². The number of nitrogens with zero attached hydrogens (tertiary/aromatic N) is 2. The molecule has 2 aliphatic carbocycles. The molecule has 77 heavy (non-hydrogen) atoms. The summed E-state index contributed by atoms with van der Waals surface area (Å²) in [5.74, 6) is -3.49. The van der Waals surface area contributed by atoms with E-state index in [0.29, 0.717) is 4.47 Å². The van der Waals surface area contributed by atoms with Gasteiger partial charge in [-0.15, -0.1) is 0 Å². The van der Waals surface area contributed by atoms with Gasteiger partial charge in [0.05, 0.1) is 24.2 Å². The number of likely N-dealkylation sites (tertiary alicyclic amines) is 2. The van der Waals surface area contributed by atoms with Crippen LogP contribution in [0.15, 0.2) is 71.2 Å². The van der Waals surface area contributed by atoms with Gasteiger partial charge >= 0.3 is 0 Å². The summed E-state index contributed by atoms with van der Waals surface area (Å²) in [6.45, 7) is 14.4. The van der Waals surface area contributed by atoms with Crippen LogP contribution in [0.1, 0.15) is 149 Å². The Balaban J connectivity index is 1.10. The lowest BCUT2D eigenvalue weighted by molar-refractivity contribution is -0.144. The molecular weight excluding hydrogens is 1040 g/mol. The molecule has 8 amide bonds. The van der Waals surface area contributed by atoms with Crippen molar-refractivity contribution in [3.8, 4) is 0 Å². The van der Waals surface area contributed by atoms with Crippen LogP contribution in [-0.4, -0.2) is 133 Å². The first-order valence-electron chi connectivity index (χ1n) is 27.1. The zero-order valence-corrected chi connectivity index (χ0v) is 47.8. The van der Waals surface area contributed by atoms with E-state index in [2.05, 4.69) is 70.6 Å². The van der Waals surface area contributed by atoms with Crippen molar-refractivity contribution in [1.29, 1.82) is 0 Å². The van der Waals surface area contributed by atoms with E-state index in [1.54, 1.807) is 40.1 Å². The van der Waals surface area contributed by atoms with Gasteiger partial charge in [0.25, 0.3) is 11.8 Å². The lowest BCUT2D eigenvalue weighted by Gasteiger charge is -2.36. The Morgan fingerprint density at radius 3 is 1.30 bits per heavy atom. The summed E-state index contributed by atoms with van der Waals surface area (Å²) in [5.41, 5.74) is 3.13. The molecular formula is C58H79BrN10O8. The Hall–Kier alpha value is -6.18. The zero-order valence-electron chi connectivity index (χ0n) is 46.2. The highest BCUT2D eigenvalue weighted by Gasteiger charge is 2.48. The van der Waals surface area contributed by atoms with Crippen LogP contribution in [0.4, 0.5) is 0 Å². The number of likely N-dealkylation sites (N-methyl/N-ethyl adjacent to an activating group) is 2. The molecule has 0 bridgehead atoms. The summed E-state index contributed by atoms with van der Waals surface area (Å²) in [5, 5.41) is 24.2. The SMILES string of the molecule is CN[C@@H](C)C(=O)NC(C(=O)N1C[C@@H](NC(=O)c2cc(Br)cc(C(=O)N[C@H]3C[C@@H](C(=O)N[C@@H]4CCCc5ccccc54)N(C(=O)[C@@H](NC(=O)[C@H](C)NC)C(C)(C)C)C3)c2)CC1C(=O)N[C@@H]1CCCc2ccccc21)C(C)(C)C. The highest BCUT2D eigenvalue weighted by Crippen LogP contribution is 2.34. The normalized spacial score (nSPS) is 22.7. The predicted octanol–water partition coefficient (Wildman–Crippen LogP) is 4.51. The second kappa shape index (κ2) is 24.7. The number of fused-ring (bicyclic) bond motifs is 2. The van der Waals surface area contributed by atoms with Gasteiger partial charge in [0.2, 0.25) is 35.4 Å². The van der Waals surface area contributed by atoms with E-state index in [9.17, 15) is 38.4 Å². The van der Waals surface area contributed by atoms with Crippen LogP contribution >= 0.6 is 15.9 Å². The van der Waals surface area contributed by atoms with Gasteiger partial charge in [-0.2, -0.15) is 0 Å². The first-order chi connectivity index (χ1) is 36.4. The number of nitrogens with one attached hydrogen (secondary N) is 8. The van der Waals surface area contributed by atoms with Crippen LogP contribution in [0.2, 0.25) is 0 Å². The first-order valence-corrected chi connectivity index (χ1v) is 27.9. The van der Waals surface area contributed by atoms with Gasteiger partial charge in [-0.3, -0.25) is 38.4 Å². The van der Waals surface area contributed by atoms with Crippen LogP contribution in [0.5, 0.6) is 0 Å². The topological polar surface area (TPSA) is 239 Å². The smallest absolute Gasteiger partial charge is 0.251 e. The fraction of sp³-hybridized carbons (Fsp3) is 0.552. The van der Waals surface area contributed by atoms with Crippen molar-refractivity contribution in [2.24, 2.45) is 10.8 Å². The third kappa shape index (κ3) is 13.9. The van der Waals surface area contributed by atoms with Crippen LogP contribution < -0.4 is 42.5 Å². The van der Waals surface area contributed by atoms with E-state index < -0.39 is 82.8 Å². The maximum atomic E-state index is 14.7. The maximum absolute atomic E-state index is 14.7. The molecule has 0 aromatic heterocycles. The van der Waals surface area contributed by atoms with Gasteiger partial charge < -0.3 is 52.3 Å². The Bertz CT molecular complexity index is 2540. The van der Waals surface area contributed by atoms with E-state index in [1.807, 2.05) is 77.9 Å². The maximum Gasteiger partial charge on any atom is 0.251 e. The fourth-order valence-corrected chi connectivity index (χ4v) is 11.5. The zero-order chi connectivity index (χ0) is 56.1. The number of carbonyl (C=O) groups excluding carboxylic acids is 8. The summed E-state index contributed by atoms with van der Waals surface area (Å²) in [7, 11) is 3.30. The van der Waals surface area contributed by atoms with Crippen LogP contribution in [0.25, 0.3) is 0 Å². The van der Waals surface area contributed by atoms with Crippen molar-refractivity contribution < 1.29 is 38.4 Å². The molecule has 8 N–H and O–H groups in total. The Kier molecular flexibility index (Phi) is 18.7. The summed E-state index contributed by atoms with van der Waals surface area (Å²) in [4.78, 5) is 117. The fourth-order valence-electron chi connectivity index (χ4n) is 11.0. The molecule has 7 rings (SSSR count). The van der Waals surface area contributed by atoms with E-state index in [0.717, 1.165) is 60.8 Å². The van der Waals surface area contributed by atoms with Crippen molar-refractivity contribution in [3.05, 3.63) is 105 Å². The van der Waals surface area contributed by atoms with Gasteiger partial charge in [0, 0.05) is 40.8 Å². The number of hydrogen-bond acceptors (Lipinski definition) is 10. The quantitative estimate of drug-likeness (QED) is 0.0999. The number of amides is 8. The standard InChI is InChI=1S/C58H79BrN10O8/c1-32(60-9)49(70)66-47(57(3,4)5)55(76)68-30-39(28-45(68)53(74)64-43-23-15-19-34-17-11-13-21-41(34)43)62-51(72)36-25-37(27-38(59)26-36)52(73)63-40-29-46(54(75)65-44-24-16-20-35-18-12-14-22-42(35)44)69(31-40)56(77)48(58(6,7)8)67-50(71)33(2)61-10/h11-14,17-18,21-22,25-27,32-33,39-40,43-48,60-61H,15-16,19-20,23-24,28-31H2,1-10H3,(H,62,72)(H,63,73)(H,64,74)(H,65,75)(H,66,70)(H,67,71)/t32-,33-,39-,40-,43+,44+,45-,46?,47+,48?/m0/s1. The number of carbonyl (C=O) groups is 8. The van der Waals surface area contributed by atoms with E-state index >= 15 is 0 Å². The van der Waals surface area contributed by atoms with Crippen LogP contribution in [0.3, 0.4) is 0 Å². The summed E-state index contributed by atoms with van der Waals surface area (Å²) in [6, 6.07) is 13.5. The van der Waals surface area contributed by atoms with Crippen LogP contribution in [-0.2, 0) is 41.6 Å². The minimum absolute atomic E-state index is 0.0253. The minimum Gasteiger partial charge on any atom is -0.347 e. The van der Waals surface area contributed by atoms with Gasteiger partial charge in [0.15, 0.2) is 0 Å². The molecule has 2 saturated heterocycles. The Labute approximate surface area is 461 Å². The van der Waals surface area contributed by atoms with Crippen molar-refractivity contribution in [2.45, 2.75) is 167 Å². The Morgan fingerprint density at radius 1 is 0.558 bits per heavy atom. The van der Waals surface area contributed by atoms with Crippen molar-refractivity contribution in [3.63, 3.8) is 0 Å². The minimum atomic E-state index is -1.01. The number of aryl methyl sites for hydroxylation is 2. The molecule has 19 heteroatoms. The van der Waals surface area contributed by atoms with E-state index in [-0.39, 0.29) is 72.8 Å². The molecule has 2 heterocycles. The van der Waals surface area contributed by atoms with E-state index in [1.165, 1.54) is 15.9 Å². The highest BCUT2D eigenvalue weighted by atomic mass is 79.9. The Morgan fingerprint density at radius 2 is 0.935 bits per heavy atom. The number of halogens is 1. The summed E-state index contributed by atoms with van der Waals surface area (Å²) >= 11 is 3.50. The highest BCUT2D eigenvalue weighted by molar-refractivity contribution is 9.10. The molecule has 18 nitrogen and oxygen atoms in total. The average molecular weight is 1120 g/mol. The molecule has 0 radical (unpaired) electrons. The molecule has 0 saturated carbocycles. The monoisotopic (exact) mass is 1120 g/mol. The molecule has 2 unspecified atom stereocenters. The largest absolute Gasteiger partial charge is 0.347 e. The summed E-state index contributed by atoms with van der Waals surface area (Å²) in [6.07, 6.45) is 5.18. The second-order valence-electron chi connectivity index (χ2n) is 23.5. The molecule has 2 fully saturated rings. The molecule has 10 atom stereocenters. The van der Waals surface area contributed by atoms with Gasteiger partial charge in [0.1, 0.15) is 24.2 Å². The third-order valence-corrected chi connectivity index (χ3v) is 16.1. The third-order valence-electron chi connectivity index (χ3n) is 15.7. The van der Waals surface area contributed by atoms with Crippen molar-refractivity contribution in [2.75, 3.05) is 27.2 Å². The molecule has 0 spiro atoms. The van der Waals surface area contributed by atoms with Gasteiger partial charge in [-0.1, -0.05) is 106 Å². The molecule has 3 aromatic carbocycles. The lowest BCUT2D eigenvalue weighted by Crippen LogP contribution is -2.59. The molecule has 4 aliphatic rings. The average Bonchev–Trinajstić information content (AvgIpc) is 4.06. The molecule has 2 aliphatic heterocycles. The first kappa shape index (κ1) is 58.5. The summed E-state index contributed by atoms with van der Waals surface area (Å²) < 4.78 is 0.427. The van der Waals surface area contributed by atoms with E-state index in [4.69, 9.17) is 0 Å². The van der Waals surface area contributed by atoms with Gasteiger partial charge in [-0.05, 0) is 131 Å². The molecule has 416 valence electrons. The molecule has 3 aromatic rings.